The van der Waals surface area contributed by atoms with Crippen LogP contribution < -0.4 is 5.32 Å². The van der Waals surface area contributed by atoms with Crippen LogP contribution >= 0.6 is 12.2 Å². The standard InChI is InChI=1S/C9H14N2O2S/c1-8(2)5-9(3)11(7(14)10-8)4-6(12)13-9/h4-5H2,1-3H3,(H,10,14). The summed E-state index contributed by atoms with van der Waals surface area (Å²) in [6.07, 6.45) is 0.742. The number of ether oxygens (including phenoxy) is 1. The molecule has 0 aliphatic carbocycles. The molecule has 1 atom stereocenters. The van der Waals surface area contributed by atoms with Crippen molar-refractivity contribution in [2.24, 2.45) is 0 Å². The van der Waals surface area contributed by atoms with Gasteiger partial charge < -0.3 is 15.0 Å². The van der Waals surface area contributed by atoms with Crippen LogP contribution in [-0.4, -0.2) is 33.8 Å². The Labute approximate surface area is 88.6 Å². The molecule has 2 heterocycles. The molecule has 2 aliphatic heterocycles. The van der Waals surface area contributed by atoms with E-state index >= 15 is 0 Å². The van der Waals surface area contributed by atoms with Crippen LogP contribution in [0.2, 0.25) is 0 Å². The van der Waals surface area contributed by atoms with Gasteiger partial charge >= 0.3 is 5.97 Å². The molecule has 0 aromatic rings. The van der Waals surface area contributed by atoms with Gasteiger partial charge in [0.2, 0.25) is 0 Å². The fourth-order valence-electron chi connectivity index (χ4n) is 2.27. The number of nitrogens with one attached hydrogen (secondary N) is 1. The van der Waals surface area contributed by atoms with Gasteiger partial charge in [0.05, 0.1) is 0 Å². The maximum Gasteiger partial charge on any atom is 0.327 e. The molecule has 78 valence electrons. The Kier molecular flexibility index (Phi) is 1.80. The van der Waals surface area contributed by atoms with Gasteiger partial charge in [-0.3, -0.25) is 4.79 Å². The second kappa shape index (κ2) is 2.59. The van der Waals surface area contributed by atoms with E-state index in [1.807, 2.05) is 25.7 Å². The van der Waals surface area contributed by atoms with Crippen molar-refractivity contribution >= 4 is 23.3 Å². The maximum absolute atomic E-state index is 11.2. The summed E-state index contributed by atoms with van der Waals surface area (Å²) in [5.41, 5.74) is -0.671. The molecule has 1 unspecified atom stereocenters. The van der Waals surface area contributed by atoms with Crippen molar-refractivity contribution in [3.63, 3.8) is 0 Å². The lowest BCUT2D eigenvalue weighted by Gasteiger charge is -2.46. The van der Waals surface area contributed by atoms with E-state index in [-0.39, 0.29) is 18.1 Å². The average molecular weight is 214 g/mol. The average Bonchev–Trinajstić information content (AvgIpc) is 2.21. The fourth-order valence-corrected chi connectivity index (χ4v) is 2.80. The summed E-state index contributed by atoms with van der Waals surface area (Å²) in [5, 5.41) is 3.80. The number of thiocarbonyl (C=S) groups is 1. The minimum absolute atomic E-state index is 0.118. The second-order valence-electron chi connectivity index (χ2n) is 4.73. The van der Waals surface area contributed by atoms with Gasteiger partial charge in [0.15, 0.2) is 10.8 Å². The van der Waals surface area contributed by atoms with Crippen molar-refractivity contribution < 1.29 is 9.53 Å². The van der Waals surface area contributed by atoms with Crippen LogP contribution in [0.25, 0.3) is 0 Å². The van der Waals surface area contributed by atoms with Crippen molar-refractivity contribution in [2.75, 3.05) is 6.54 Å². The fraction of sp³-hybridized carbons (Fsp3) is 0.778. The first-order valence-corrected chi connectivity index (χ1v) is 5.05. The first-order valence-electron chi connectivity index (χ1n) is 4.64. The topological polar surface area (TPSA) is 41.6 Å². The number of rotatable bonds is 0. The Bertz CT molecular complexity index is 316. The Hall–Kier alpha value is -0.840. The van der Waals surface area contributed by atoms with E-state index in [0.29, 0.717) is 5.11 Å². The molecular formula is C9H14N2O2S. The van der Waals surface area contributed by atoms with Crippen LogP contribution in [0.15, 0.2) is 0 Å². The van der Waals surface area contributed by atoms with E-state index in [2.05, 4.69) is 5.32 Å². The lowest BCUT2D eigenvalue weighted by Crippen LogP contribution is -2.64. The minimum Gasteiger partial charge on any atom is -0.438 e. The smallest absolute Gasteiger partial charge is 0.327 e. The maximum atomic E-state index is 11.2. The van der Waals surface area contributed by atoms with E-state index in [0.717, 1.165) is 6.42 Å². The number of fused-ring (bicyclic) bond motifs is 1. The Morgan fingerprint density at radius 1 is 1.50 bits per heavy atom. The predicted molar refractivity (Wildman–Crippen MR) is 55.6 cm³/mol. The molecule has 5 heteroatoms. The van der Waals surface area contributed by atoms with Crippen molar-refractivity contribution in [1.82, 2.24) is 10.2 Å². The molecule has 0 aromatic carbocycles. The van der Waals surface area contributed by atoms with Gasteiger partial charge in [0, 0.05) is 12.0 Å². The third-order valence-corrected chi connectivity index (χ3v) is 2.97. The number of carbonyl (C=O) groups is 1. The zero-order valence-electron chi connectivity index (χ0n) is 8.59. The molecule has 0 spiro atoms. The van der Waals surface area contributed by atoms with Gasteiger partial charge in [-0.05, 0) is 33.0 Å². The quantitative estimate of drug-likeness (QED) is 0.473. The number of hydrogen-bond donors (Lipinski definition) is 1. The molecule has 0 bridgehead atoms. The van der Waals surface area contributed by atoms with Crippen LogP contribution in [-0.2, 0) is 9.53 Å². The molecule has 1 N–H and O–H groups in total. The summed E-state index contributed by atoms with van der Waals surface area (Å²) < 4.78 is 5.32. The summed E-state index contributed by atoms with van der Waals surface area (Å²) >= 11 is 5.20. The molecule has 2 saturated heterocycles. The largest absolute Gasteiger partial charge is 0.438 e. The number of nitrogens with zero attached hydrogens (tertiary/aromatic N) is 1. The van der Waals surface area contributed by atoms with Gasteiger partial charge in [0.1, 0.15) is 6.54 Å². The van der Waals surface area contributed by atoms with Crippen molar-refractivity contribution in [2.45, 2.75) is 38.5 Å². The van der Waals surface area contributed by atoms with Gasteiger partial charge in [-0.15, -0.1) is 0 Å². The van der Waals surface area contributed by atoms with Crippen molar-refractivity contribution in [1.29, 1.82) is 0 Å². The molecule has 14 heavy (non-hydrogen) atoms. The normalized spacial score (nSPS) is 34.9. The second-order valence-corrected chi connectivity index (χ2v) is 5.11. The highest BCUT2D eigenvalue weighted by molar-refractivity contribution is 7.80. The first kappa shape index (κ1) is 9.71. The van der Waals surface area contributed by atoms with Crippen LogP contribution in [0.4, 0.5) is 0 Å². The molecular weight excluding hydrogens is 200 g/mol. The third kappa shape index (κ3) is 1.35. The summed E-state index contributed by atoms with van der Waals surface area (Å²) in [7, 11) is 0. The number of esters is 1. The van der Waals surface area contributed by atoms with Crippen LogP contribution in [0, 0.1) is 0 Å². The molecule has 2 aliphatic rings. The SMILES string of the molecule is CC1(C)CC2(C)OC(=O)CN2C(=S)N1. The van der Waals surface area contributed by atoms with Crippen LogP contribution in [0.5, 0.6) is 0 Å². The monoisotopic (exact) mass is 214 g/mol. The highest BCUT2D eigenvalue weighted by Gasteiger charge is 2.51. The Morgan fingerprint density at radius 3 is 2.79 bits per heavy atom. The minimum atomic E-state index is -0.553. The molecule has 2 fully saturated rings. The molecule has 0 saturated carbocycles. The highest BCUT2D eigenvalue weighted by Crippen LogP contribution is 2.35. The van der Waals surface area contributed by atoms with Crippen LogP contribution in [0.3, 0.4) is 0 Å². The van der Waals surface area contributed by atoms with E-state index in [1.54, 1.807) is 0 Å². The lowest BCUT2D eigenvalue weighted by atomic mass is 9.91. The van der Waals surface area contributed by atoms with Gasteiger partial charge in [-0.2, -0.15) is 0 Å². The summed E-state index contributed by atoms with van der Waals surface area (Å²) in [4.78, 5) is 13.0. The summed E-state index contributed by atoms with van der Waals surface area (Å²) in [5.74, 6) is -0.200. The zero-order valence-corrected chi connectivity index (χ0v) is 9.40. The molecule has 0 amide bonds. The van der Waals surface area contributed by atoms with Gasteiger partial charge in [-0.25, -0.2) is 0 Å². The molecule has 2 rings (SSSR count). The Balaban J connectivity index is 2.32. The summed E-state index contributed by atoms with van der Waals surface area (Å²) in [6, 6.07) is 0. The summed E-state index contributed by atoms with van der Waals surface area (Å²) in [6.45, 7) is 6.27. The predicted octanol–water partition coefficient (Wildman–Crippen LogP) is 0.618. The van der Waals surface area contributed by atoms with E-state index in [9.17, 15) is 4.79 Å². The van der Waals surface area contributed by atoms with Crippen molar-refractivity contribution in [3.8, 4) is 0 Å². The molecule has 0 radical (unpaired) electrons. The van der Waals surface area contributed by atoms with Crippen LogP contribution in [0.1, 0.15) is 27.2 Å². The van der Waals surface area contributed by atoms with Gasteiger partial charge in [-0.1, -0.05) is 0 Å². The zero-order chi connectivity index (χ0) is 10.6. The van der Waals surface area contributed by atoms with E-state index < -0.39 is 5.72 Å². The lowest BCUT2D eigenvalue weighted by molar-refractivity contribution is -0.152. The van der Waals surface area contributed by atoms with Gasteiger partial charge in [0.25, 0.3) is 0 Å². The number of carbonyl (C=O) groups excluding carboxylic acids is 1. The first-order chi connectivity index (χ1) is 6.32. The third-order valence-electron chi connectivity index (χ3n) is 2.65. The molecule has 0 aromatic heterocycles. The number of hydrogen-bond acceptors (Lipinski definition) is 3. The Morgan fingerprint density at radius 2 is 2.14 bits per heavy atom. The van der Waals surface area contributed by atoms with E-state index in [4.69, 9.17) is 17.0 Å². The molecule has 4 nitrogen and oxygen atoms in total. The highest BCUT2D eigenvalue weighted by atomic mass is 32.1. The van der Waals surface area contributed by atoms with Crippen molar-refractivity contribution in [3.05, 3.63) is 0 Å². The van der Waals surface area contributed by atoms with E-state index in [1.165, 1.54) is 0 Å².